The largest absolute Gasteiger partial charge is 0.372 e. The van der Waals surface area contributed by atoms with Gasteiger partial charge in [0.2, 0.25) is 10.0 Å². The van der Waals surface area contributed by atoms with Crippen LogP contribution in [0.4, 0.5) is 10.1 Å². The van der Waals surface area contributed by atoms with Gasteiger partial charge in [-0.05, 0) is 17.7 Å². The molecule has 6 nitrogen and oxygen atoms in total. The fourth-order valence-electron chi connectivity index (χ4n) is 2.23. The van der Waals surface area contributed by atoms with Gasteiger partial charge in [0.1, 0.15) is 5.82 Å². The smallest absolute Gasteiger partial charge is 0.258 e. The van der Waals surface area contributed by atoms with Crippen LogP contribution in [0, 0.1) is 5.82 Å². The number of hydrogen-bond acceptors (Lipinski definition) is 4. The first-order valence-corrected chi connectivity index (χ1v) is 8.39. The molecule has 0 heterocycles. The minimum atomic E-state index is -3.76. The van der Waals surface area contributed by atoms with Gasteiger partial charge in [0.05, 0.1) is 11.9 Å². The number of halogens is 1. The van der Waals surface area contributed by atoms with Gasteiger partial charge in [-0.3, -0.25) is 9.52 Å². The van der Waals surface area contributed by atoms with Gasteiger partial charge in [0, 0.05) is 5.56 Å². The average Bonchev–Trinajstić information content (AvgIpc) is 2.45. The second-order valence-electron chi connectivity index (χ2n) is 5.00. The number of hydrogen-bond donors (Lipinski definition) is 3. The van der Waals surface area contributed by atoms with Crippen LogP contribution in [0.5, 0.6) is 0 Å². The second kappa shape index (κ2) is 5.98. The molecule has 2 aromatic rings. The summed E-state index contributed by atoms with van der Waals surface area (Å²) in [7, 11) is -3.76. The Kier molecular flexibility index (Phi) is 4.39. The van der Waals surface area contributed by atoms with E-state index in [4.69, 9.17) is 5.73 Å². The summed E-state index contributed by atoms with van der Waals surface area (Å²) in [6.45, 7) is 0. The number of amides is 1. The third kappa shape index (κ3) is 3.49. The molecule has 0 radical (unpaired) electrons. The van der Waals surface area contributed by atoms with E-state index in [1.807, 2.05) is 0 Å². The molecule has 23 heavy (non-hydrogen) atoms. The summed E-state index contributed by atoms with van der Waals surface area (Å²) in [4.78, 5) is 11.9. The highest BCUT2D eigenvalue weighted by atomic mass is 32.2. The van der Waals surface area contributed by atoms with Crippen LogP contribution in [-0.2, 0) is 20.4 Å². The summed E-state index contributed by atoms with van der Waals surface area (Å²) in [5, 5.41) is 10.9. The maximum Gasteiger partial charge on any atom is 0.258 e. The Balaban J connectivity index is 2.73. The molecule has 0 fully saturated rings. The lowest BCUT2D eigenvalue weighted by atomic mass is 9.84. The molecule has 2 rings (SSSR count). The summed E-state index contributed by atoms with van der Waals surface area (Å²) < 4.78 is 38.5. The quantitative estimate of drug-likeness (QED) is 0.753. The van der Waals surface area contributed by atoms with E-state index in [-0.39, 0.29) is 16.8 Å². The van der Waals surface area contributed by atoms with Crippen LogP contribution >= 0.6 is 0 Å². The van der Waals surface area contributed by atoms with Crippen molar-refractivity contribution >= 4 is 21.6 Å². The lowest BCUT2D eigenvalue weighted by Gasteiger charge is -2.28. The Morgan fingerprint density at radius 1 is 1.22 bits per heavy atom. The fourth-order valence-corrected chi connectivity index (χ4v) is 2.79. The number of rotatable bonds is 5. The van der Waals surface area contributed by atoms with Gasteiger partial charge in [-0.2, -0.15) is 0 Å². The van der Waals surface area contributed by atoms with Gasteiger partial charge < -0.3 is 10.8 Å². The van der Waals surface area contributed by atoms with Crippen molar-refractivity contribution in [2.75, 3.05) is 11.0 Å². The number of nitrogens with two attached hydrogens (primary N) is 1. The SMILES string of the molecule is CS(=O)(=O)Nc1cc(F)ccc1C(O)(C(N)=O)c1ccccc1. The third-order valence-corrected chi connectivity index (χ3v) is 3.81. The maximum atomic E-state index is 13.5. The summed E-state index contributed by atoms with van der Waals surface area (Å²) in [6, 6.07) is 10.7. The Labute approximate surface area is 132 Å². The number of aliphatic hydroxyl groups is 1. The zero-order valence-corrected chi connectivity index (χ0v) is 13.0. The van der Waals surface area contributed by atoms with E-state index in [0.29, 0.717) is 0 Å². The highest BCUT2D eigenvalue weighted by molar-refractivity contribution is 7.92. The van der Waals surface area contributed by atoms with E-state index in [1.165, 1.54) is 12.1 Å². The predicted molar refractivity (Wildman–Crippen MR) is 83.5 cm³/mol. The van der Waals surface area contributed by atoms with Crippen molar-refractivity contribution in [1.29, 1.82) is 0 Å². The number of carbonyl (C=O) groups excluding carboxylic acids is 1. The van der Waals surface area contributed by atoms with Gasteiger partial charge in [0.15, 0.2) is 5.60 Å². The predicted octanol–water partition coefficient (Wildman–Crippen LogP) is 0.918. The van der Waals surface area contributed by atoms with E-state index in [9.17, 15) is 22.7 Å². The van der Waals surface area contributed by atoms with Crippen LogP contribution < -0.4 is 10.5 Å². The van der Waals surface area contributed by atoms with Crippen molar-refractivity contribution in [2.24, 2.45) is 5.73 Å². The first-order chi connectivity index (χ1) is 10.6. The zero-order chi connectivity index (χ0) is 17.3. The van der Waals surface area contributed by atoms with E-state index >= 15 is 0 Å². The number of anilines is 1. The van der Waals surface area contributed by atoms with Crippen molar-refractivity contribution in [3.63, 3.8) is 0 Å². The zero-order valence-electron chi connectivity index (χ0n) is 12.2. The topological polar surface area (TPSA) is 109 Å². The molecular formula is C15H15FN2O4S. The molecule has 8 heteroatoms. The van der Waals surface area contributed by atoms with Crippen LogP contribution in [0.1, 0.15) is 11.1 Å². The normalized spacial score (nSPS) is 14.0. The molecule has 0 saturated carbocycles. The van der Waals surface area contributed by atoms with Gasteiger partial charge in [-0.1, -0.05) is 36.4 Å². The number of carbonyl (C=O) groups is 1. The van der Waals surface area contributed by atoms with Crippen LogP contribution in [-0.4, -0.2) is 25.7 Å². The van der Waals surface area contributed by atoms with Crippen molar-refractivity contribution < 1.29 is 22.7 Å². The van der Waals surface area contributed by atoms with Gasteiger partial charge in [-0.15, -0.1) is 0 Å². The third-order valence-electron chi connectivity index (χ3n) is 3.21. The lowest BCUT2D eigenvalue weighted by Crippen LogP contribution is -2.42. The van der Waals surface area contributed by atoms with Gasteiger partial charge >= 0.3 is 0 Å². The molecule has 2 aromatic carbocycles. The second-order valence-corrected chi connectivity index (χ2v) is 6.75. The lowest BCUT2D eigenvalue weighted by molar-refractivity contribution is -0.133. The maximum absolute atomic E-state index is 13.5. The molecular weight excluding hydrogens is 323 g/mol. The Morgan fingerprint density at radius 3 is 2.35 bits per heavy atom. The minimum Gasteiger partial charge on any atom is -0.372 e. The number of primary amides is 1. The summed E-state index contributed by atoms with van der Waals surface area (Å²) in [6.07, 6.45) is 0.869. The van der Waals surface area contributed by atoms with Crippen LogP contribution in [0.3, 0.4) is 0 Å². The molecule has 0 saturated heterocycles. The molecule has 122 valence electrons. The molecule has 0 aliphatic rings. The molecule has 0 spiro atoms. The highest BCUT2D eigenvalue weighted by Gasteiger charge is 2.40. The molecule has 0 bridgehead atoms. The molecule has 1 atom stereocenters. The molecule has 1 amide bonds. The van der Waals surface area contributed by atoms with Crippen molar-refractivity contribution in [3.05, 3.63) is 65.5 Å². The number of nitrogens with one attached hydrogen (secondary N) is 1. The van der Waals surface area contributed by atoms with Crippen molar-refractivity contribution in [2.45, 2.75) is 5.60 Å². The highest BCUT2D eigenvalue weighted by Crippen LogP contribution is 2.35. The molecule has 4 N–H and O–H groups in total. The van der Waals surface area contributed by atoms with Crippen LogP contribution in [0.15, 0.2) is 48.5 Å². The minimum absolute atomic E-state index is 0.135. The molecule has 0 aromatic heterocycles. The molecule has 0 aliphatic carbocycles. The van der Waals surface area contributed by atoms with Crippen molar-refractivity contribution in [3.8, 4) is 0 Å². The number of benzene rings is 2. The standard InChI is InChI=1S/C15H15FN2O4S/c1-23(21,22)18-13-9-11(16)7-8-12(13)15(20,14(17)19)10-5-3-2-4-6-10/h2-9,18,20H,1H3,(H2,17,19). The fraction of sp³-hybridized carbons (Fsp3) is 0.133. The molecule has 1 unspecified atom stereocenters. The molecule has 0 aliphatic heterocycles. The Hall–Kier alpha value is -2.45. The Bertz CT molecular complexity index is 840. The first kappa shape index (κ1) is 16.9. The van der Waals surface area contributed by atoms with Gasteiger partial charge in [-0.25, -0.2) is 12.8 Å². The van der Waals surface area contributed by atoms with Gasteiger partial charge in [0.25, 0.3) is 5.91 Å². The summed E-state index contributed by atoms with van der Waals surface area (Å²) >= 11 is 0. The first-order valence-electron chi connectivity index (χ1n) is 6.50. The Morgan fingerprint density at radius 2 is 1.83 bits per heavy atom. The van der Waals surface area contributed by atoms with E-state index in [2.05, 4.69) is 4.72 Å². The van der Waals surface area contributed by atoms with E-state index in [0.717, 1.165) is 24.5 Å². The average molecular weight is 338 g/mol. The van der Waals surface area contributed by atoms with Crippen LogP contribution in [0.2, 0.25) is 0 Å². The number of sulfonamides is 1. The summed E-state index contributed by atoms with van der Waals surface area (Å²) in [5.41, 5.74) is 2.73. The van der Waals surface area contributed by atoms with Crippen LogP contribution in [0.25, 0.3) is 0 Å². The van der Waals surface area contributed by atoms with E-state index in [1.54, 1.807) is 18.2 Å². The van der Waals surface area contributed by atoms with E-state index < -0.39 is 27.3 Å². The summed E-state index contributed by atoms with van der Waals surface area (Å²) in [5.74, 6) is -1.85. The van der Waals surface area contributed by atoms with Crippen molar-refractivity contribution in [1.82, 2.24) is 0 Å². The monoisotopic (exact) mass is 338 g/mol.